The van der Waals surface area contributed by atoms with Crippen molar-refractivity contribution in [3.8, 4) is 5.75 Å². The van der Waals surface area contributed by atoms with Crippen LogP contribution in [-0.4, -0.2) is 50.5 Å². The summed E-state index contributed by atoms with van der Waals surface area (Å²) < 4.78 is 33.1. The molecule has 0 spiro atoms. The summed E-state index contributed by atoms with van der Waals surface area (Å²) in [6.45, 7) is 4.01. The molecule has 4 aromatic carbocycles. The molecular weight excluding hydrogens is 657 g/mol. The van der Waals surface area contributed by atoms with E-state index in [2.05, 4.69) is 5.32 Å². The van der Waals surface area contributed by atoms with Crippen molar-refractivity contribution < 1.29 is 22.7 Å². The van der Waals surface area contributed by atoms with E-state index in [0.717, 1.165) is 21.7 Å². The zero-order valence-electron chi connectivity index (χ0n) is 26.6. The molecule has 0 radical (unpaired) electrons. The number of rotatable bonds is 15. The van der Waals surface area contributed by atoms with Crippen LogP contribution in [0.3, 0.4) is 0 Å². The average Bonchev–Trinajstić information content (AvgIpc) is 3.05. The number of carbonyl (C=O) groups is 2. The predicted octanol–water partition coefficient (Wildman–Crippen LogP) is 6.75. The number of anilines is 1. The number of hydrogen-bond donors (Lipinski definition) is 1. The first-order valence-corrected chi connectivity index (χ1v) is 17.8. The maximum atomic E-state index is 14.3. The fourth-order valence-electron chi connectivity index (χ4n) is 4.89. The zero-order chi connectivity index (χ0) is 34.0. The highest BCUT2D eigenvalue weighted by molar-refractivity contribution is 7.92. The summed E-state index contributed by atoms with van der Waals surface area (Å²) >= 11 is 13.1. The first-order valence-electron chi connectivity index (χ1n) is 15.2. The maximum absolute atomic E-state index is 14.3. The molecule has 0 saturated heterocycles. The Balaban J connectivity index is 1.67. The number of carbonyl (C=O) groups excluding carboxylic acids is 2. The number of nitrogens with zero attached hydrogens (tertiary/aromatic N) is 2. The van der Waals surface area contributed by atoms with Gasteiger partial charge in [0.15, 0.2) is 0 Å². The molecule has 0 aliphatic carbocycles. The molecular formula is C36H39Cl2N3O5S. The molecule has 8 nitrogen and oxygen atoms in total. The van der Waals surface area contributed by atoms with Gasteiger partial charge >= 0.3 is 0 Å². The van der Waals surface area contributed by atoms with Crippen LogP contribution in [0.4, 0.5) is 5.69 Å². The lowest BCUT2D eigenvalue weighted by molar-refractivity contribution is -0.140. The van der Waals surface area contributed by atoms with Crippen molar-refractivity contribution in [2.24, 2.45) is 5.92 Å². The van der Waals surface area contributed by atoms with Crippen LogP contribution in [0.25, 0.3) is 0 Å². The monoisotopic (exact) mass is 695 g/mol. The van der Waals surface area contributed by atoms with E-state index >= 15 is 0 Å². The van der Waals surface area contributed by atoms with Gasteiger partial charge < -0.3 is 15.0 Å². The van der Waals surface area contributed by atoms with E-state index in [1.54, 1.807) is 42.5 Å². The third-order valence-corrected chi connectivity index (χ3v) is 9.25. The van der Waals surface area contributed by atoms with E-state index in [9.17, 15) is 18.0 Å². The van der Waals surface area contributed by atoms with Crippen molar-refractivity contribution in [1.82, 2.24) is 10.2 Å². The highest BCUT2D eigenvalue weighted by atomic mass is 35.5. The molecule has 0 fully saturated rings. The van der Waals surface area contributed by atoms with Gasteiger partial charge in [-0.15, -0.1) is 0 Å². The van der Waals surface area contributed by atoms with Crippen LogP contribution in [0.5, 0.6) is 5.75 Å². The van der Waals surface area contributed by atoms with Gasteiger partial charge in [0.25, 0.3) is 0 Å². The summed E-state index contributed by atoms with van der Waals surface area (Å²) in [7, 11) is -3.94. The molecule has 248 valence electrons. The fourth-order valence-corrected chi connectivity index (χ4v) is 6.26. The number of sulfonamides is 1. The number of nitrogens with one attached hydrogen (secondary N) is 1. The molecule has 2 amide bonds. The minimum Gasteiger partial charge on any atom is -0.489 e. The lowest BCUT2D eigenvalue weighted by Crippen LogP contribution is -2.53. The number of halogens is 2. The van der Waals surface area contributed by atoms with Crippen molar-refractivity contribution in [3.63, 3.8) is 0 Å². The minimum absolute atomic E-state index is 0.117. The van der Waals surface area contributed by atoms with Crippen LogP contribution < -0.4 is 14.4 Å². The molecule has 0 aromatic heterocycles. The van der Waals surface area contributed by atoms with Gasteiger partial charge in [-0.2, -0.15) is 0 Å². The predicted molar refractivity (Wildman–Crippen MR) is 188 cm³/mol. The summed E-state index contributed by atoms with van der Waals surface area (Å²) in [5.41, 5.74) is 2.53. The number of hydrogen-bond acceptors (Lipinski definition) is 5. The Labute approximate surface area is 287 Å². The smallest absolute Gasteiger partial charge is 0.244 e. The summed E-state index contributed by atoms with van der Waals surface area (Å²) in [6.07, 6.45) is 1.22. The standard InChI is InChI=1S/C36H39Cl2N3O5S/c1-26(2)22-39-36(43)34(21-27-11-6-4-7-12-27)40(23-31-32(37)15-10-16-33(31)38)35(42)24-41(47(3,44)45)29-17-19-30(20-18-29)46-25-28-13-8-5-9-14-28/h4-20,26,34H,21-25H2,1-3H3,(H,39,43)/t34-/m0/s1. The molecule has 0 unspecified atom stereocenters. The molecule has 4 aromatic rings. The molecule has 4 rings (SSSR count). The minimum atomic E-state index is -3.94. The van der Waals surface area contributed by atoms with E-state index in [0.29, 0.717) is 34.5 Å². The summed E-state index contributed by atoms with van der Waals surface area (Å²) in [5, 5.41) is 3.60. The summed E-state index contributed by atoms with van der Waals surface area (Å²) in [4.78, 5) is 29.5. The van der Waals surface area contributed by atoms with Gasteiger partial charge in [0, 0.05) is 35.1 Å². The second-order valence-corrected chi connectivity index (χ2v) is 14.3. The Morgan fingerprint density at radius 1 is 0.809 bits per heavy atom. The third kappa shape index (κ3) is 10.5. The fraction of sp³-hybridized carbons (Fsp3) is 0.278. The largest absolute Gasteiger partial charge is 0.489 e. The van der Waals surface area contributed by atoms with Gasteiger partial charge in [-0.05, 0) is 53.4 Å². The Bertz CT molecular complexity index is 1720. The van der Waals surface area contributed by atoms with Crippen LogP contribution in [0.2, 0.25) is 10.0 Å². The van der Waals surface area contributed by atoms with Gasteiger partial charge in [-0.1, -0.05) is 104 Å². The Hall–Kier alpha value is -4.05. The highest BCUT2D eigenvalue weighted by Gasteiger charge is 2.34. The molecule has 0 bridgehead atoms. The Morgan fingerprint density at radius 2 is 1.38 bits per heavy atom. The summed E-state index contributed by atoms with van der Waals surface area (Å²) in [5.74, 6) is -0.266. The van der Waals surface area contributed by atoms with Gasteiger partial charge in [0.05, 0.1) is 11.9 Å². The number of amides is 2. The lowest BCUT2D eigenvalue weighted by atomic mass is 10.0. The molecule has 1 atom stereocenters. The normalized spacial score (nSPS) is 12.0. The number of benzene rings is 4. The first kappa shape index (κ1) is 35.8. The molecule has 1 N–H and O–H groups in total. The van der Waals surface area contributed by atoms with Crippen molar-refractivity contribution in [2.45, 2.75) is 39.5 Å². The van der Waals surface area contributed by atoms with E-state index in [-0.39, 0.29) is 30.5 Å². The molecule has 0 aliphatic heterocycles. The van der Waals surface area contributed by atoms with Crippen molar-refractivity contribution in [2.75, 3.05) is 23.7 Å². The van der Waals surface area contributed by atoms with Gasteiger partial charge in [0.2, 0.25) is 21.8 Å². The first-order chi connectivity index (χ1) is 22.4. The van der Waals surface area contributed by atoms with Crippen LogP contribution >= 0.6 is 23.2 Å². The molecule has 47 heavy (non-hydrogen) atoms. The van der Waals surface area contributed by atoms with Crippen molar-refractivity contribution in [3.05, 3.63) is 130 Å². The maximum Gasteiger partial charge on any atom is 0.244 e. The van der Waals surface area contributed by atoms with Crippen LogP contribution in [-0.2, 0) is 39.2 Å². The second-order valence-electron chi connectivity index (χ2n) is 11.6. The van der Waals surface area contributed by atoms with Crippen LogP contribution in [0, 0.1) is 5.92 Å². The summed E-state index contributed by atoms with van der Waals surface area (Å²) in [6, 6.07) is 29.5. The van der Waals surface area contributed by atoms with E-state index in [1.165, 1.54) is 4.90 Å². The van der Waals surface area contributed by atoms with E-state index < -0.39 is 28.5 Å². The van der Waals surface area contributed by atoms with Gasteiger partial charge in [0.1, 0.15) is 24.9 Å². The van der Waals surface area contributed by atoms with Gasteiger partial charge in [-0.3, -0.25) is 13.9 Å². The topological polar surface area (TPSA) is 96.0 Å². The van der Waals surface area contributed by atoms with Gasteiger partial charge in [-0.25, -0.2) is 8.42 Å². The molecule has 11 heteroatoms. The van der Waals surface area contributed by atoms with Crippen molar-refractivity contribution in [1.29, 1.82) is 0 Å². The molecule has 0 aliphatic rings. The van der Waals surface area contributed by atoms with E-state index in [1.807, 2.05) is 74.5 Å². The molecule has 0 saturated carbocycles. The van der Waals surface area contributed by atoms with Crippen LogP contribution in [0.15, 0.2) is 103 Å². The Morgan fingerprint density at radius 3 is 1.94 bits per heavy atom. The van der Waals surface area contributed by atoms with E-state index in [4.69, 9.17) is 27.9 Å². The second kappa shape index (κ2) is 16.7. The number of ether oxygens (including phenoxy) is 1. The zero-order valence-corrected chi connectivity index (χ0v) is 28.9. The Kier molecular flexibility index (Phi) is 12.7. The SMILES string of the molecule is CC(C)CNC(=O)[C@H](Cc1ccccc1)N(Cc1c(Cl)cccc1Cl)C(=O)CN(c1ccc(OCc2ccccc2)cc1)S(C)(=O)=O. The third-order valence-electron chi connectivity index (χ3n) is 7.40. The molecule has 0 heterocycles. The average molecular weight is 697 g/mol. The van der Waals surface area contributed by atoms with Crippen molar-refractivity contribution >= 4 is 50.7 Å². The lowest BCUT2D eigenvalue weighted by Gasteiger charge is -2.34. The highest BCUT2D eigenvalue weighted by Crippen LogP contribution is 2.28. The quantitative estimate of drug-likeness (QED) is 0.148. The van der Waals surface area contributed by atoms with Crippen LogP contribution in [0.1, 0.15) is 30.5 Å².